The highest BCUT2D eigenvalue weighted by molar-refractivity contribution is 9.10. The zero-order chi connectivity index (χ0) is 12.0. The maximum atomic E-state index is 11.7. The molecular weight excluding hydrogens is 270 g/mol. The van der Waals surface area contributed by atoms with Crippen LogP contribution in [0.4, 0.5) is 5.69 Å². The minimum Gasteiger partial charge on any atom is -0.330 e. The molecule has 0 fully saturated rings. The van der Waals surface area contributed by atoms with Crippen molar-refractivity contribution in [3.05, 3.63) is 22.9 Å². The summed E-state index contributed by atoms with van der Waals surface area (Å²) < 4.78 is 0.752. The molecule has 88 valence electrons. The third-order valence-corrected chi connectivity index (χ3v) is 2.75. The fraction of sp³-hybridized carbons (Fsp3) is 0.455. The number of anilines is 1. The lowest BCUT2D eigenvalue weighted by Gasteiger charge is -2.11. The molecule has 0 saturated carbocycles. The summed E-state index contributed by atoms with van der Waals surface area (Å²) in [4.78, 5) is 15.7. The number of amides is 1. The Morgan fingerprint density at radius 3 is 2.94 bits per heavy atom. The van der Waals surface area contributed by atoms with Gasteiger partial charge in [-0.05, 0) is 47.4 Å². The Labute approximate surface area is 104 Å². The summed E-state index contributed by atoms with van der Waals surface area (Å²) in [5.74, 6) is -0.00947. The summed E-state index contributed by atoms with van der Waals surface area (Å²) in [6.45, 7) is 2.52. The molecule has 4 nitrogen and oxygen atoms in total. The number of pyridine rings is 1. The highest BCUT2D eigenvalue weighted by Crippen LogP contribution is 2.13. The Bertz CT molecular complexity index is 340. The van der Waals surface area contributed by atoms with Gasteiger partial charge in [-0.3, -0.25) is 4.79 Å². The van der Waals surface area contributed by atoms with Gasteiger partial charge in [0.05, 0.1) is 11.9 Å². The molecule has 0 aliphatic rings. The van der Waals surface area contributed by atoms with Gasteiger partial charge in [-0.2, -0.15) is 0 Å². The predicted octanol–water partition coefficient (Wildman–Crippen LogP) is 2.16. The number of rotatable bonds is 5. The molecule has 1 heterocycles. The molecule has 0 aliphatic heterocycles. The van der Waals surface area contributed by atoms with Gasteiger partial charge in [0, 0.05) is 5.92 Å². The van der Waals surface area contributed by atoms with Crippen molar-refractivity contribution in [1.82, 2.24) is 4.98 Å². The smallest absolute Gasteiger partial charge is 0.227 e. The molecule has 0 spiro atoms. The Morgan fingerprint density at radius 2 is 2.38 bits per heavy atom. The number of hydrogen-bond acceptors (Lipinski definition) is 3. The first-order chi connectivity index (χ1) is 7.63. The highest BCUT2D eigenvalue weighted by atomic mass is 79.9. The van der Waals surface area contributed by atoms with Crippen LogP contribution in [0.1, 0.15) is 19.8 Å². The van der Waals surface area contributed by atoms with Crippen LogP contribution in [0.3, 0.4) is 0 Å². The molecule has 0 bridgehead atoms. The lowest BCUT2D eigenvalue weighted by molar-refractivity contribution is -0.119. The Morgan fingerprint density at radius 1 is 1.62 bits per heavy atom. The molecule has 1 unspecified atom stereocenters. The molecule has 1 atom stereocenters. The normalized spacial score (nSPS) is 12.2. The molecule has 5 heteroatoms. The highest BCUT2D eigenvalue weighted by Gasteiger charge is 2.12. The zero-order valence-corrected chi connectivity index (χ0v) is 10.8. The largest absolute Gasteiger partial charge is 0.330 e. The standard InChI is InChI=1S/C11H16BrN3O/c1-8(3-2-6-13)11(16)15-9-4-5-10(12)14-7-9/h4-5,7-8H,2-3,6,13H2,1H3,(H,15,16). The van der Waals surface area contributed by atoms with Crippen molar-refractivity contribution in [2.24, 2.45) is 11.7 Å². The summed E-state index contributed by atoms with van der Waals surface area (Å²) in [6.07, 6.45) is 3.30. The van der Waals surface area contributed by atoms with Crippen molar-refractivity contribution in [2.75, 3.05) is 11.9 Å². The number of nitrogens with zero attached hydrogens (tertiary/aromatic N) is 1. The van der Waals surface area contributed by atoms with E-state index in [-0.39, 0.29) is 11.8 Å². The molecule has 0 aliphatic carbocycles. The van der Waals surface area contributed by atoms with Gasteiger partial charge in [0.15, 0.2) is 0 Å². The van der Waals surface area contributed by atoms with Crippen molar-refractivity contribution < 1.29 is 4.79 Å². The maximum Gasteiger partial charge on any atom is 0.227 e. The predicted molar refractivity (Wildman–Crippen MR) is 68.0 cm³/mol. The number of nitrogens with two attached hydrogens (primary N) is 1. The van der Waals surface area contributed by atoms with Crippen molar-refractivity contribution in [1.29, 1.82) is 0 Å². The molecule has 1 aromatic heterocycles. The second-order valence-corrected chi connectivity index (χ2v) is 4.50. The first-order valence-electron chi connectivity index (χ1n) is 5.26. The third kappa shape index (κ3) is 4.28. The summed E-state index contributed by atoms with van der Waals surface area (Å²) in [6, 6.07) is 3.60. The SMILES string of the molecule is CC(CCCN)C(=O)Nc1ccc(Br)nc1. The van der Waals surface area contributed by atoms with Gasteiger partial charge in [0.2, 0.25) is 5.91 Å². The van der Waals surface area contributed by atoms with Crippen molar-refractivity contribution in [2.45, 2.75) is 19.8 Å². The van der Waals surface area contributed by atoms with Crippen molar-refractivity contribution in [3.63, 3.8) is 0 Å². The van der Waals surface area contributed by atoms with E-state index < -0.39 is 0 Å². The average Bonchev–Trinajstić information content (AvgIpc) is 2.29. The van der Waals surface area contributed by atoms with Crippen LogP contribution in [0, 0.1) is 5.92 Å². The molecule has 0 radical (unpaired) electrons. The number of hydrogen-bond donors (Lipinski definition) is 2. The molecule has 1 rings (SSSR count). The Hall–Kier alpha value is -0.940. The molecule has 0 saturated heterocycles. The van der Waals surface area contributed by atoms with Crippen molar-refractivity contribution in [3.8, 4) is 0 Å². The Balaban J connectivity index is 2.47. The number of halogens is 1. The fourth-order valence-corrected chi connectivity index (χ4v) is 1.50. The van der Waals surface area contributed by atoms with E-state index in [4.69, 9.17) is 5.73 Å². The van der Waals surface area contributed by atoms with E-state index in [1.165, 1.54) is 0 Å². The molecular formula is C11H16BrN3O. The molecule has 16 heavy (non-hydrogen) atoms. The zero-order valence-electron chi connectivity index (χ0n) is 9.24. The van der Waals surface area contributed by atoms with Crippen LogP contribution in [0.15, 0.2) is 22.9 Å². The van der Waals surface area contributed by atoms with E-state index in [0.717, 1.165) is 17.4 Å². The first kappa shape index (κ1) is 13.1. The van der Waals surface area contributed by atoms with E-state index >= 15 is 0 Å². The van der Waals surface area contributed by atoms with Crippen LogP contribution < -0.4 is 11.1 Å². The topological polar surface area (TPSA) is 68.0 Å². The second kappa shape index (κ2) is 6.60. The van der Waals surface area contributed by atoms with Crippen LogP contribution in [-0.2, 0) is 4.79 Å². The number of aromatic nitrogens is 1. The molecule has 1 amide bonds. The third-order valence-electron chi connectivity index (χ3n) is 2.28. The average molecular weight is 286 g/mol. The second-order valence-electron chi connectivity index (χ2n) is 3.69. The van der Waals surface area contributed by atoms with Crippen LogP contribution in [0.25, 0.3) is 0 Å². The van der Waals surface area contributed by atoms with Crippen LogP contribution in [0.5, 0.6) is 0 Å². The lowest BCUT2D eigenvalue weighted by Crippen LogP contribution is -2.21. The minimum atomic E-state index is -0.0211. The molecule has 3 N–H and O–H groups in total. The van der Waals surface area contributed by atoms with Crippen LogP contribution >= 0.6 is 15.9 Å². The van der Waals surface area contributed by atoms with Gasteiger partial charge in [-0.15, -0.1) is 0 Å². The van der Waals surface area contributed by atoms with Gasteiger partial charge in [0.25, 0.3) is 0 Å². The number of carbonyl (C=O) groups excluding carboxylic acids is 1. The van der Waals surface area contributed by atoms with Gasteiger partial charge in [0.1, 0.15) is 4.60 Å². The lowest BCUT2D eigenvalue weighted by atomic mass is 10.0. The quantitative estimate of drug-likeness (QED) is 0.815. The van der Waals surface area contributed by atoms with E-state index in [0.29, 0.717) is 12.2 Å². The van der Waals surface area contributed by atoms with E-state index in [2.05, 4.69) is 26.2 Å². The summed E-state index contributed by atoms with van der Waals surface area (Å²) >= 11 is 3.24. The molecule has 0 aromatic carbocycles. The van der Waals surface area contributed by atoms with E-state index in [9.17, 15) is 4.79 Å². The van der Waals surface area contributed by atoms with Crippen LogP contribution in [0.2, 0.25) is 0 Å². The van der Waals surface area contributed by atoms with Crippen LogP contribution in [-0.4, -0.2) is 17.4 Å². The fourth-order valence-electron chi connectivity index (χ4n) is 1.27. The number of nitrogens with one attached hydrogen (secondary N) is 1. The van der Waals surface area contributed by atoms with Crippen molar-refractivity contribution >= 4 is 27.5 Å². The Kier molecular flexibility index (Phi) is 5.42. The minimum absolute atomic E-state index is 0.0116. The summed E-state index contributed by atoms with van der Waals surface area (Å²) in [5, 5.41) is 2.81. The van der Waals surface area contributed by atoms with Gasteiger partial charge in [-0.25, -0.2) is 4.98 Å². The summed E-state index contributed by atoms with van der Waals surface area (Å²) in [7, 11) is 0. The first-order valence-corrected chi connectivity index (χ1v) is 6.05. The van der Waals surface area contributed by atoms with E-state index in [1.54, 1.807) is 12.3 Å². The summed E-state index contributed by atoms with van der Waals surface area (Å²) in [5.41, 5.74) is 6.11. The van der Waals surface area contributed by atoms with Gasteiger partial charge >= 0.3 is 0 Å². The molecule has 1 aromatic rings. The van der Waals surface area contributed by atoms with Gasteiger partial charge in [-0.1, -0.05) is 6.92 Å². The monoisotopic (exact) mass is 285 g/mol. The van der Waals surface area contributed by atoms with E-state index in [1.807, 2.05) is 13.0 Å². The van der Waals surface area contributed by atoms with Gasteiger partial charge < -0.3 is 11.1 Å². The maximum absolute atomic E-state index is 11.7. The number of carbonyl (C=O) groups is 1.